The van der Waals surface area contributed by atoms with Gasteiger partial charge in [-0.25, -0.2) is 0 Å². The lowest BCUT2D eigenvalue weighted by molar-refractivity contribution is 0.273. The fraction of sp³-hybridized carbons (Fsp3) is 0.571. The van der Waals surface area contributed by atoms with E-state index in [2.05, 4.69) is 41.4 Å². The first kappa shape index (κ1) is 11.6. The predicted octanol–water partition coefficient (Wildman–Crippen LogP) is 2.39. The van der Waals surface area contributed by atoms with Crippen molar-refractivity contribution in [2.45, 2.75) is 38.9 Å². The summed E-state index contributed by atoms with van der Waals surface area (Å²) in [7, 11) is 2.04. The van der Waals surface area contributed by atoms with Crippen LogP contribution >= 0.6 is 0 Å². The third-order valence-electron chi connectivity index (χ3n) is 3.51. The van der Waals surface area contributed by atoms with Crippen LogP contribution < -0.4 is 5.32 Å². The van der Waals surface area contributed by atoms with Crippen LogP contribution in [0.2, 0.25) is 0 Å². The van der Waals surface area contributed by atoms with Crippen molar-refractivity contribution < 1.29 is 0 Å². The van der Waals surface area contributed by atoms with Crippen molar-refractivity contribution in [2.24, 2.45) is 0 Å². The number of nitrogens with zero attached hydrogens (tertiary/aromatic N) is 1. The second kappa shape index (κ2) is 5.46. The van der Waals surface area contributed by atoms with Gasteiger partial charge >= 0.3 is 0 Å². The standard InChI is InChI=1S/C14H22N2/c1-12(15-2)6-5-9-16-10-13-7-3-4-8-14(13)11-16/h3-4,7-8,12,15H,5-6,9-11H2,1-2H3. The molecule has 0 amide bonds. The van der Waals surface area contributed by atoms with Gasteiger partial charge in [-0.1, -0.05) is 24.3 Å². The van der Waals surface area contributed by atoms with Crippen LogP contribution in [-0.4, -0.2) is 24.5 Å². The van der Waals surface area contributed by atoms with Crippen LogP contribution in [0.25, 0.3) is 0 Å². The van der Waals surface area contributed by atoms with Crippen molar-refractivity contribution in [3.63, 3.8) is 0 Å². The SMILES string of the molecule is CNC(C)CCCN1Cc2ccccc2C1. The summed E-state index contributed by atoms with van der Waals surface area (Å²) in [5, 5.41) is 3.29. The lowest BCUT2D eigenvalue weighted by Crippen LogP contribution is -2.24. The molecule has 0 spiro atoms. The molecule has 1 aliphatic rings. The molecule has 0 aromatic heterocycles. The minimum Gasteiger partial charge on any atom is -0.317 e. The Morgan fingerprint density at radius 3 is 2.44 bits per heavy atom. The van der Waals surface area contributed by atoms with E-state index in [1.54, 1.807) is 0 Å². The molecule has 2 nitrogen and oxygen atoms in total. The Labute approximate surface area is 98.7 Å². The van der Waals surface area contributed by atoms with E-state index in [0.29, 0.717) is 6.04 Å². The Morgan fingerprint density at radius 2 is 1.88 bits per heavy atom. The molecule has 1 unspecified atom stereocenters. The molecule has 2 rings (SSSR count). The maximum Gasteiger partial charge on any atom is 0.0240 e. The summed E-state index contributed by atoms with van der Waals surface area (Å²) < 4.78 is 0. The first-order valence-corrected chi connectivity index (χ1v) is 6.26. The van der Waals surface area contributed by atoms with E-state index in [0.717, 1.165) is 13.1 Å². The average molecular weight is 218 g/mol. The first-order valence-electron chi connectivity index (χ1n) is 6.26. The highest BCUT2D eigenvalue weighted by atomic mass is 15.1. The Kier molecular flexibility index (Phi) is 3.97. The summed E-state index contributed by atoms with van der Waals surface area (Å²) in [6, 6.07) is 9.44. The summed E-state index contributed by atoms with van der Waals surface area (Å²) in [5.74, 6) is 0. The Bertz CT molecular complexity index is 310. The zero-order chi connectivity index (χ0) is 11.4. The number of hydrogen-bond donors (Lipinski definition) is 1. The third-order valence-corrected chi connectivity index (χ3v) is 3.51. The van der Waals surface area contributed by atoms with Gasteiger partial charge in [-0.2, -0.15) is 0 Å². The van der Waals surface area contributed by atoms with Gasteiger partial charge in [0.05, 0.1) is 0 Å². The zero-order valence-corrected chi connectivity index (χ0v) is 10.4. The molecule has 2 heteroatoms. The van der Waals surface area contributed by atoms with Gasteiger partial charge in [0.2, 0.25) is 0 Å². The largest absolute Gasteiger partial charge is 0.317 e. The molecule has 88 valence electrons. The van der Waals surface area contributed by atoms with Crippen molar-refractivity contribution >= 4 is 0 Å². The summed E-state index contributed by atoms with van der Waals surface area (Å²) in [6.45, 7) is 5.76. The highest BCUT2D eigenvalue weighted by Crippen LogP contribution is 2.22. The van der Waals surface area contributed by atoms with Crippen LogP contribution in [0.3, 0.4) is 0 Å². The molecule has 1 aromatic rings. The van der Waals surface area contributed by atoms with Gasteiger partial charge in [-0.05, 0) is 44.5 Å². The highest BCUT2D eigenvalue weighted by Gasteiger charge is 2.17. The molecule has 0 saturated heterocycles. The summed E-state index contributed by atoms with van der Waals surface area (Å²) in [5.41, 5.74) is 3.04. The van der Waals surface area contributed by atoms with Gasteiger partial charge in [0.15, 0.2) is 0 Å². The van der Waals surface area contributed by atoms with Crippen molar-refractivity contribution in [2.75, 3.05) is 13.6 Å². The molecule has 1 heterocycles. The molecule has 0 saturated carbocycles. The van der Waals surface area contributed by atoms with Crippen LogP contribution in [0.5, 0.6) is 0 Å². The molecule has 0 aliphatic carbocycles. The van der Waals surface area contributed by atoms with Gasteiger partial charge in [0, 0.05) is 19.1 Å². The molecular formula is C14H22N2. The van der Waals surface area contributed by atoms with Gasteiger partial charge < -0.3 is 5.32 Å². The summed E-state index contributed by atoms with van der Waals surface area (Å²) >= 11 is 0. The molecule has 0 bridgehead atoms. The minimum atomic E-state index is 0.643. The van der Waals surface area contributed by atoms with Gasteiger partial charge in [0.1, 0.15) is 0 Å². The molecule has 1 aromatic carbocycles. The molecular weight excluding hydrogens is 196 g/mol. The fourth-order valence-corrected chi connectivity index (χ4v) is 2.33. The average Bonchev–Trinajstić information content (AvgIpc) is 2.71. The van der Waals surface area contributed by atoms with Crippen molar-refractivity contribution in [3.05, 3.63) is 35.4 Å². The number of nitrogens with one attached hydrogen (secondary N) is 1. The van der Waals surface area contributed by atoms with E-state index >= 15 is 0 Å². The zero-order valence-electron chi connectivity index (χ0n) is 10.4. The molecule has 1 atom stereocenters. The Balaban J connectivity index is 1.75. The van der Waals surface area contributed by atoms with E-state index < -0.39 is 0 Å². The second-order valence-electron chi connectivity index (χ2n) is 4.81. The highest BCUT2D eigenvalue weighted by molar-refractivity contribution is 5.30. The van der Waals surface area contributed by atoms with E-state index in [4.69, 9.17) is 0 Å². The molecule has 0 fully saturated rings. The van der Waals surface area contributed by atoms with Gasteiger partial charge in [0.25, 0.3) is 0 Å². The topological polar surface area (TPSA) is 15.3 Å². The number of rotatable bonds is 5. The lowest BCUT2D eigenvalue weighted by Gasteiger charge is -2.16. The maximum atomic E-state index is 3.29. The number of benzene rings is 1. The van der Waals surface area contributed by atoms with E-state index in [9.17, 15) is 0 Å². The summed E-state index contributed by atoms with van der Waals surface area (Å²) in [4.78, 5) is 2.55. The predicted molar refractivity (Wildman–Crippen MR) is 68.3 cm³/mol. The fourth-order valence-electron chi connectivity index (χ4n) is 2.33. The molecule has 0 radical (unpaired) electrons. The third kappa shape index (κ3) is 2.83. The van der Waals surface area contributed by atoms with Crippen molar-refractivity contribution in [1.29, 1.82) is 0 Å². The smallest absolute Gasteiger partial charge is 0.0240 e. The summed E-state index contributed by atoms with van der Waals surface area (Å²) in [6.07, 6.45) is 2.55. The lowest BCUT2D eigenvalue weighted by atomic mass is 10.1. The van der Waals surface area contributed by atoms with Crippen LogP contribution in [0.15, 0.2) is 24.3 Å². The molecule has 1 N–H and O–H groups in total. The van der Waals surface area contributed by atoms with Gasteiger partial charge in [-0.3, -0.25) is 4.90 Å². The van der Waals surface area contributed by atoms with Crippen LogP contribution in [0, 0.1) is 0 Å². The normalized spacial score (nSPS) is 17.4. The number of fused-ring (bicyclic) bond motifs is 1. The van der Waals surface area contributed by atoms with Crippen LogP contribution in [-0.2, 0) is 13.1 Å². The van der Waals surface area contributed by atoms with E-state index in [1.165, 1.54) is 30.5 Å². The number of hydrogen-bond acceptors (Lipinski definition) is 2. The van der Waals surface area contributed by atoms with E-state index in [1.807, 2.05) is 7.05 Å². The maximum absolute atomic E-state index is 3.29. The van der Waals surface area contributed by atoms with Crippen LogP contribution in [0.1, 0.15) is 30.9 Å². The van der Waals surface area contributed by atoms with Crippen molar-refractivity contribution in [1.82, 2.24) is 10.2 Å². The Morgan fingerprint density at radius 1 is 1.25 bits per heavy atom. The quantitative estimate of drug-likeness (QED) is 0.816. The molecule has 1 aliphatic heterocycles. The monoisotopic (exact) mass is 218 g/mol. The van der Waals surface area contributed by atoms with Crippen LogP contribution in [0.4, 0.5) is 0 Å². The molecule has 16 heavy (non-hydrogen) atoms. The van der Waals surface area contributed by atoms with Gasteiger partial charge in [-0.15, -0.1) is 0 Å². The minimum absolute atomic E-state index is 0.643. The Hall–Kier alpha value is -0.860. The second-order valence-corrected chi connectivity index (χ2v) is 4.81. The van der Waals surface area contributed by atoms with Crippen molar-refractivity contribution in [3.8, 4) is 0 Å². The van der Waals surface area contributed by atoms with E-state index in [-0.39, 0.29) is 0 Å². The first-order chi connectivity index (χ1) is 7.79.